The first-order valence-electron chi connectivity index (χ1n) is 7.30. The van der Waals surface area contributed by atoms with E-state index in [1.54, 1.807) is 6.07 Å². The lowest BCUT2D eigenvalue weighted by Gasteiger charge is -2.19. The second kappa shape index (κ2) is 6.62. The number of fused-ring (bicyclic) bond motifs is 1. The highest BCUT2D eigenvalue weighted by Gasteiger charge is 2.14. The van der Waals surface area contributed by atoms with E-state index in [2.05, 4.69) is 6.08 Å². The molecule has 4 heteroatoms. The molecule has 1 aliphatic rings. The van der Waals surface area contributed by atoms with E-state index in [-0.39, 0.29) is 5.82 Å². The lowest BCUT2D eigenvalue weighted by molar-refractivity contribution is 0.300. The second-order valence-electron chi connectivity index (χ2n) is 5.16. The molecule has 0 radical (unpaired) electrons. The van der Waals surface area contributed by atoms with Crippen molar-refractivity contribution in [3.8, 4) is 11.5 Å². The topological polar surface area (TPSA) is 44.5 Å². The molecule has 3 rings (SSSR count). The van der Waals surface area contributed by atoms with E-state index >= 15 is 0 Å². The first-order valence-corrected chi connectivity index (χ1v) is 7.30. The molecule has 22 heavy (non-hydrogen) atoms. The predicted octanol–water partition coefficient (Wildman–Crippen LogP) is 3.53. The number of ether oxygens (including phenoxy) is 2. The van der Waals surface area contributed by atoms with Crippen LogP contribution in [-0.2, 0) is 6.61 Å². The van der Waals surface area contributed by atoms with E-state index in [0.717, 1.165) is 23.3 Å². The molecule has 2 N–H and O–H groups in total. The Bertz CT molecular complexity index is 697. The number of nitrogens with two attached hydrogens (primary N) is 1. The lowest BCUT2D eigenvalue weighted by Crippen LogP contribution is -2.08. The van der Waals surface area contributed by atoms with Gasteiger partial charge in [-0.15, -0.1) is 0 Å². The Labute approximate surface area is 129 Å². The van der Waals surface area contributed by atoms with Gasteiger partial charge in [0.05, 0.1) is 0 Å². The second-order valence-corrected chi connectivity index (χ2v) is 5.16. The molecule has 1 aliphatic heterocycles. The molecule has 0 spiro atoms. The van der Waals surface area contributed by atoms with Crippen LogP contribution < -0.4 is 15.2 Å². The third kappa shape index (κ3) is 3.28. The fraction of sp³-hybridized carbons (Fsp3) is 0.222. The molecule has 0 bridgehead atoms. The summed E-state index contributed by atoms with van der Waals surface area (Å²) in [5.41, 5.74) is 8.70. The normalized spacial score (nSPS) is 13.1. The van der Waals surface area contributed by atoms with E-state index in [9.17, 15) is 4.39 Å². The van der Waals surface area contributed by atoms with Gasteiger partial charge in [0.2, 0.25) is 0 Å². The van der Waals surface area contributed by atoms with Gasteiger partial charge in [-0.3, -0.25) is 0 Å². The summed E-state index contributed by atoms with van der Waals surface area (Å²) in [6.07, 6.45) is 2.89. The van der Waals surface area contributed by atoms with Crippen LogP contribution in [-0.4, -0.2) is 13.2 Å². The summed E-state index contributed by atoms with van der Waals surface area (Å²) in [4.78, 5) is 0. The van der Waals surface area contributed by atoms with Crippen LogP contribution in [0.15, 0.2) is 48.5 Å². The molecule has 0 aliphatic carbocycles. The van der Waals surface area contributed by atoms with Crippen LogP contribution in [0.5, 0.6) is 11.5 Å². The largest absolute Gasteiger partial charge is 0.489 e. The van der Waals surface area contributed by atoms with Gasteiger partial charge >= 0.3 is 0 Å². The number of hydrogen-bond acceptors (Lipinski definition) is 3. The molecule has 2 aromatic rings. The first-order chi connectivity index (χ1) is 10.8. The highest BCUT2D eigenvalue weighted by molar-refractivity contribution is 5.73. The zero-order valence-corrected chi connectivity index (χ0v) is 12.2. The van der Waals surface area contributed by atoms with Crippen LogP contribution in [0.1, 0.15) is 17.5 Å². The number of benzene rings is 2. The molecule has 0 saturated heterocycles. The number of rotatable bonds is 5. The van der Waals surface area contributed by atoms with Gasteiger partial charge in [-0.05, 0) is 54.4 Å². The highest BCUT2D eigenvalue weighted by Crippen LogP contribution is 2.34. The monoisotopic (exact) mass is 299 g/mol. The minimum absolute atomic E-state index is 0.258. The van der Waals surface area contributed by atoms with Gasteiger partial charge in [-0.1, -0.05) is 12.1 Å². The lowest BCUT2D eigenvalue weighted by atomic mass is 9.99. The first kappa shape index (κ1) is 14.6. The number of hydrogen-bond donors (Lipinski definition) is 1. The van der Waals surface area contributed by atoms with Crippen LogP contribution in [0.2, 0.25) is 0 Å². The van der Waals surface area contributed by atoms with Crippen LogP contribution in [0, 0.1) is 5.82 Å². The molecule has 114 valence electrons. The molecule has 1 heterocycles. The van der Waals surface area contributed by atoms with Gasteiger partial charge in [0.15, 0.2) is 0 Å². The van der Waals surface area contributed by atoms with E-state index in [1.807, 2.05) is 24.3 Å². The zero-order chi connectivity index (χ0) is 15.4. The predicted molar refractivity (Wildman–Crippen MR) is 84.3 cm³/mol. The Kier molecular flexibility index (Phi) is 4.39. The Morgan fingerprint density at radius 2 is 2.09 bits per heavy atom. The van der Waals surface area contributed by atoms with Gasteiger partial charge in [-0.2, -0.15) is 0 Å². The summed E-state index contributed by atoms with van der Waals surface area (Å²) < 4.78 is 24.5. The molecule has 0 unspecified atom stereocenters. The Morgan fingerprint density at radius 1 is 1.18 bits per heavy atom. The maximum Gasteiger partial charge on any atom is 0.130 e. The molecular formula is C18H18FNO2. The van der Waals surface area contributed by atoms with Crippen molar-refractivity contribution in [1.82, 2.24) is 0 Å². The minimum atomic E-state index is -0.258. The van der Waals surface area contributed by atoms with E-state index in [4.69, 9.17) is 15.2 Å². The van der Waals surface area contributed by atoms with Crippen molar-refractivity contribution in [2.45, 2.75) is 13.0 Å². The maximum atomic E-state index is 13.1. The summed E-state index contributed by atoms with van der Waals surface area (Å²) in [6, 6.07) is 12.2. The highest BCUT2D eigenvalue weighted by atomic mass is 19.1. The standard InChI is InChI=1S/C18H18FNO2/c19-15-3-1-2-13(10-15)12-22-16-4-5-17-14(6-8-20)7-9-21-18(17)11-16/h1-5,7,10-11H,6,8-9,12,20H2. The molecule has 3 nitrogen and oxygen atoms in total. The summed E-state index contributed by atoms with van der Waals surface area (Å²) in [6.45, 7) is 1.49. The van der Waals surface area contributed by atoms with Crippen molar-refractivity contribution in [2.75, 3.05) is 13.2 Å². The third-order valence-corrected chi connectivity index (χ3v) is 3.58. The fourth-order valence-electron chi connectivity index (χ4n) is 2.50. The average Bonchev–Trinajstić information content (AvgIpc) is 2.53. The van der Waals surface area contributed by atoms with Crippen LogP contribution >= 0.6 is 0 Å². The Hall–Kier alpha value is -2.33. The quantitative estimate of drug-likeness (QED) is 0.918. The van der Waals surface area contributed by atoms with Gasteiger partial charge in [-0.25, -0.2) is 4.39 Å². The maximum absolute atomic E-state index is 13.1. The van der Waals surface area contributed by atoms with Gasteiger partial charge in [0.25, 0.3) is 0 Å². The molecule has 2 aromatic carbocycles. The van der Waals surface area contributed by atoms with E-state index in [0.29, 0.717) is 25.5 Å². The van der Waals surface area contributed by atoms with Gasteiger partial charge in [0.1, 0.15) is 30.5 Å². The van der Waals surface area contributed by atoms with E-state index < -0.39 is 0 Å². The zero-order valence-electron chi connectivity index (χ0n) is 12.2. The van der Waals surface area contributed by atoms with Crippen LogP contribution in [0.3, 0.4) is 0 Å². The molecule has 0 amide bonds. The Balaban J connectivity index is 1.73. The molecule has 0 atom stereocenters. The van der Waals surface area contributed by atoms with Crippen molar-refractivity contribution in [1.29, 1.82) is 0 Å². The molecule has 0 fully saturated rings. The van der Waals surface area contributed by atoms with Crippen molar-refractivity contribution in [2.24, 2.45) is 5.73 Å². The molecule has 0 saturated carbocycles. The Morgan fingerprint density at radius 3 is 2.91 bits per heavy atom. The summed E-state index contributed by atoms with van der Waals surface area (Å²) in [5, 5.41) is 0. The van der Waals surface area contributed by atoms with Crippen molar-refractivity contribution in [3.05, 3.63) is 65.5 Å². The SMILES string of the molecule is NCCC1=CCOc2cc(OCc3cccc(F)c3)ccc21. The van der Waals surface area contributed by atoms with Gasteiger partial charge < -0.3 is 15.2 Å². The van der Waals surface area contributed by atoms with E-state index in [1.165, 1.54) is 17.7 Å². The summed E-state index contributed by atoms with van der Waals surface area (Å²) in [5.74, 6) is 1.26. The minimum Gasteiger partial charge on any atom is -0.489 e. The fourth-order valence-corrected chi connectivity index (χ4v) is 2.50. The summed E-state index contributed by atoms with van der Waals surface area (Å²) in [7, 11) is 0. The number of halogens is 1. The molecular weight excluding hydrogens is 281 g/mol. The van der Waals surface area contributed by atoms with Crippen LogP contribution in [0.25, 0.3) is 5.57 Å². The van der Waals surface area contributed by atoms with Crippen molar-refractivity contribution < 1.29 is 13.9 Å². The summed E-state index contributed by atoms with van der Waals surface area (Å²) >= 11 is 0. The van der Waals surface area contributed by atoms with Crippen molar-refractivity contribution in [3.63, 3.8) is 0 Å². The molecule has 0 aromatic heterocycles. The van der Waals surface area contributed by atoms with Crippen molar-refractivity contribution >= 4 is 5.57 Å². The van der Waals surface area contributed by atoms with Crippen LogP contribution in [0.4, 0.5) is 4.39 Å². The third-order valence-electron chi connectivity index (χ3n) is 3.58. The smallest absolute Gasteiger partial charge is 0.130 e. The van der Waals surface area contributed by atoms with Gasteiger partial charge in [0, 0.05) is 11.6 Å². The average molecular weight is 299 g/mol.